The summed E-state index contributed by atoms with van der Waals surface area (Å²) in [7, 11) is 1.56. The van der Waals surface area contributed by atoms with Crippen molar-refractivity contribution in [2.45, 2.75) is 25.3 Å². The number of piperidine rings is 1. The van der Waals surface area contributed by atoms with Crippen LogP contribution in [0, 0.1) is 11.6 Å². The van der Waals surface area contributed by atoms with Crippen molar-refractivity contribution in [2.75, 3.05) is 45.1 Å². The Morgan fingerprint density at radius 1 is 1.03 bits per heavy atom. The Morgan fingerprint density at radius 2 is 1.78 bits per heavy atom. The first-order valence-corrected chi connectivity index (χ1v) is 12.4. The maximum absolute atomic E-state index is 14.4. The molecule has 0 aromatic heterocycles. The lowest BCUT2D eigenvalue weighted by Crippen LogP contribution is -2.52. The van der Waals surface area contributed by atoms with Crippen molar-refractivity contribution >= 4 is 29.2 Å². The molecule has 0 radical (unpaired) electrons. The Morgan fingerprint density at radius 3 is 2.57 bits per heavy atom. The van der Waals surface area contributed by atoms with E-state index in [1.54, 1.807) is 11.9 Å². The molecule has 8 nitrogen and oxygen atoms in total. The van der Waals surface area contributed by atoms with Crippen molar-refractivity contribution in [3.05, 3.63) is 71.4 Å². The number of nitrogens with zero attached hydrogens (tertiary/aromatic N) is 4. The molecule has 0 aliphatic carbocycles. The molecule has 0 unspecified atom stereocenters. The summed E-state index contributed by atoms with van der Waals surface area (Å²) in [4.78, 5) is 44.8. The van der Waals surface area contributed by atoms with Crippen LogP contribution in [0.4, 0.5) is 24.1 Å². The summed E-state index contributed by atoms with van der Waals surface area (Å²) in [6.07, 6.45) is 3.47. The van der Waals surface area contributed by atoms with E-state index in [4.69, 9.17) is 0 Å². The fraction of sp³-hybridized carbons (Fsp3) is 0.370. The topological polar surface area (TPSA) is 76.2 Å². The molecule has 5 amide bonds. The van der Waals surface area contributed by atoms with Gasteiger partial charge in [-0.15, -0.1) is 0 Å². The maximum atomic E-state index is 14.4. The number of nitrogens with one attached hydrogen (secondary N) is 1. The molecule has 3 heterocycles. The van der Waals surface area contributed by atoms with Gasteiger partial charge in [-0.1, -0.05) is 30.3 Å². The standard InChI is InChI=1S/C27H29F2N5O3/c1-31-15-19(21-6-4-7-22(28)25(21)29)16-33(27(31)37)17-24(35)32-12-10-20(11-13-32)34-14-9-18-5-2-3-8-23(18)30-26(34)36/h2-8,16,20H,9-15,17H2,1H3,(H,30,36). The first-order chi connectivity index (χ1) is 17.8. The molecule has 1 fully saturated rings. The Labute approximate surface area is 214 Å². The van der Waals surface area contributed by atoms with Gasteiger partial charge in [-0.3, -0.25) is 9.69 Å². The summed E-state index contributed by atoms with van der Waals surface area (Å²) in [6.45, 7) is 1.45. The minimum absolute atomic E-state index is 0.0172. The van der Waals surface area contributed by atoms with E-state index in [1.807, 2.05) is 29.2 Å². The molecule has 3 aliphatic rings. The van der Waals surface area contributed by atoms with Crippen molar-refractivity contribution < 1.29 is 23.2 Å². The van der Waals surface area contributed by atoms with Crippen LogP contribution in [0.15, 0.2) is 48.7 Å². The maximum Gasteiger partial charge on any atom is 0.324 e. The average Bonchev–Trinajstić information content (AvgIpc) is 3.06. The first-order valence-electron chi connectivity index (χ1n) is 12.4. The molecule has 3 aliphatic heterocycles. The summed E-state index contributed by atoms with van der Waals surface area (Å²) in [5.41, 5.74) is 2.42. The number of halogens is 2. The molecule has 0 saturated carbocycles. The first kappa shape index (κ1) is 24.7. The number of hydrogen-bond donors (Lipinski definition) is 1. The minimum atomic E-state index is -0.981. The van der Waals surface area contributed by atoms with Gasteiger partial charge in [0.25, 0.3) is 0 Å². The Bertz CT molecular complexity index is 1260. The zero-order valence-electron chi connectivity index (χ0n) is 20.6. The molecule has 10 heteroatoms. The molecule has 2 aromatic carbocycles. The van der Waals surface area contributed by atoms with E-state index in [0.717, 1.165) is 23.7 Å². The van der Waals surface area contributed by atoms with Crippen molar-refractivity contribution in [1.29, 1.82) is 0 Å². The molecule has 1 saturated heterocycles. The van der Waals surface area contributed by atoms with Crippen molar-refractivity contribution in [1.82, 2.24) is 19.6 Å². The lowest BCUT2D eigenvalue weighted by molar-refractivity contribution is -0.132. The Balaban J connectivity index is 1.22. The van der Waals surface area contributed by atoms with Crippen LogP contribution in [-0.2, 0) is 11.2 Å². The molecule has 0 bridgehead atoms. The number of hydrogen-bond acceptors (Lipinski definition) is 3. The second kappa shape index (κ2) is 10.2. The van der Waals surface area contributed by atoms with E-state index in [2.05, 4.69) is 5.32 Å². The summed E-state index contributed by atoms with van der Waals surface area (Å²) < 4.78 is 28.1. The minimum Gasteiger partial charge on any atom is -0.341 e. The number of amides is 5. The van der Waals surface area contributed by atoms with E-state index in [1.165, 1.54) is 28.1 Å². The van der Waals surface area contributed by atoms with E-state index in [-0.39, 0.29) is 42.7 Å². The number of benzene rings is 2. The third-order valence-corrected chi connectivity index (χ3v) is 7.29. The van der Waals surface area contributed by atoms with E-state index in [9.17, 15) is 23.2 Å². The lowest BCUT2D eigenvalue weighted by atomic mass is 10.0. The van der Waals surface area contributed by atoms with Gasteiger partial charge in [0.2, 0.25) is 5.91 Å². The van der Waals surface area contributed by atoms with Gasteiger partial charge in [0.05, 0.1) is 0 Å². The average molecular weight is 510 g/mol. The normalized spacial score (nSPS) is 18.8. The zero-order chi connectivity index (χ0) is 26.1. The monoisotopic (exact) mass is 509 g/mol. The number of likely N-dealkylation sites (N-methyl/N-ethyl adjacent to an activating group) is 1. The van der Waals surface area contributed by atoms with Gasteiger partial charge in [-0.2, -0.15) is 0 Å². The number of para-hydroxylation sites is 1. The highest BCUT2D eigenvalue weighted by Gasteiger charge is 2.33. The molecule has 0 atom stereocenters. The lowest BCUT2D eigenvalue weighted by Gasteiger charge is -2.39. The highest BCUT2D eigenvalue weighted by Crippen LogP contribution is 2.27. The number of urea groups is 2. The molecule has 5 rings (SSSR count). The largest absolute Gasteiger partial charge is 0.341 e. The molecule has 194 valence electrons. The number of carbonyl (C=O) groups is 3. The van der Waals surface area contributed by atoms with Crippen molar-refractivity contribution in [2.24, 2.45) is 0 Å². The van der Waals surface area contributed by atoms with Gasteiger partial charge in [-0.05, 0) is 42.5 Å². The Kier molecular flexibility index (Phi) is 6.82. The van der Waals surface area contributed by atoms with Crippen LogP contribution in [0.3, 0.4) is 0 Å². The summed E-state index contributed by atoms with van der Waals surface area (Å²) in [5.74, 6) is -2.18. The number of rotatable bonds is 4. The van der Waals surface area contributed by atoms with Gasteiger partial charge in [0.15, 0.2) is 11.6 Å². The molecule has 0 spiro atoms. The van der Waals surface area contributed by atoms with Crippen molar-refractivity contribution in [3.63, 3.8) is 0 Å². The highest BCUT2D eigenvalue weighted by molar-refractivity contribution is 5.91. The van der Waals surface area contributed by atoms with E-state index >= 15 is 0 Å². The van der Waals surface area contributed by atoms with Crippen molar-refractivity contribution in [3.8, 4) is 0 Å². The van der Waals surface area contributed by atoms with E-state index < -0.39 is 11.6 Å². The van der Waals surface area contributed by atoms with Gasteiger partial charge >= 0.3 is 12.1 Å². The molecule has 1 N–H and O–H groups in total. The highest BCUT2D eigenvalue weighted by atomic mass is 19.2. The smallest absolute Gasteiger partial charge is 0.324 e. The van der Waals surface area contributed by atoms with Crippen LogP contribution in [0.25, 0.3) is 5.57 Å². The van der Waals surface area contributed by atoms with Crippen LogP contribution < -0.4 is 5.32 Å². The van der Waals surface area contributed by atoms with Crippen LogP contribution >= 0.6 is 0 Å². The van der Waals surface area contributed by atoms with Crippen LogP contribution in [-0.4, -0.2) is 83.4 Å². The summed E-state index contributed by atoms with van der Waals surface area (Å²) in [5, 5.41) is 2.99. The predicted molar refractivity (Wildman–Crippen MR) is 135 cm³/mol. The molecular weight excluding hydrogens is 480 g/mol. The molecule has 2 aromatic rings. The SMILES string of the molecule is CN1CC(c2cccc(F)c2F)=CN(CC(=O)N2CCC(N3CCc4ccccc4NC3=O)CC2)C1=O. The quantitative estimate of drug-likeness (QED) is 0.682. The predicted octanol–water partition coefficient (Wildman–Crippen LogP) is 3.75. The summed E-state index contributed by atoms with van der Waals surface area (Å²) in [6, 6.07) is 11.2. The number of carbonyl (C=O) groups excluding carboxylic acids is 3. The summed E-state index contributed by atoms with van der Waals surface area (Å²) >= 11 is 0. The number of fused-ring (bicyclic) bond motifs is 1. The second-order valence-corrected chi connectivity index (χ2v) is 9.66. The van der Waals surface area contributed by atoms with Gasteiger partial charge in [0, 0.05) is 56.7 Å². The fourth-order valence-electron chi connectivity index (χ4n) is 5.26. The fourth-order valence-corrected chi connectivity index (χ4v) is 5.26. The third-order valence-electron chi connectivity index (χ3n) is 7.29. The Hall–Kier alpha value is -3.95. The van der Waals surface area contributed by atoms with E-state index in [0.29, 0.717) is 38.0 Å². The van der Waals surface area contributed by atoms with Crippen LogP contribution in [0.1, 0.15) is 24.0 Å². The van der Waals surface area contributed by atoms with Gasteiger partial charge in [0.1, 0.15) is 6.54 Å². The van der Waals surface area contributed by atoms with Gasteiger partial charge < -0.3 is 20.0 Å². The third kappa shape index (κ3) is 5.00. The van der Waals surface area contributed by atoms with Crippen LogP contribution in [0.5, 0.6) is 0 Å². The second-order valence-electron chi connectivity index (χ2n) is 9.66. The zero-order valence-corrected chi connectivity index (χ0v) is 20.6. The molecule has 37 heavy (non-hydrogen) atoms. The number of anilines is 1. The molecular formula is C27H29F2N5O3. The van der Waals surface area contributed by atoms with Crippen LogP contribution in [0.2, 0.25) is 0 Å². The number of likely N-dealkylation sites (tertiary alicyclic amines) is 1. The van der Waals surface area contributed by atoms with Gasteiger partial charge in [-0.25, -0.2) is 18.4 Å².